The first-order valence-corrected chi connectivity index (χ1v) is 11.4. The van der Waals surface area contributed by atoms with E-state index in [1.54, 1.807) is 42.5 Å². The Bertz CT molecular complexity index is 1280. The van der Waals surface area contributed by atoms with Gasteiger partial charge >= 0.3 is 0 Å². The van der Waals surface area contributed by atoms with Crippen LogP contribution < -0.4 is 5.32 Å². The fourth-order valence-electron chi connectivity index (χ4n) is 3.47. The third-order valence-corrected chi connectivity index (χ3v) is 7.28. The Balaban J connectivity index is 1.53. The summed E-state index contributed by atoms with van der Waals surface area (Å²) in [5, 5.41) is 12.2. The zero-order chi connectivity index (χ0) is 22.0. The molecule has 0 saturated heterocycles. The van der Waals surface area contributed by atoms with Crippen LogP contribution in [0.1, 0.15) is 27.0 Å². The van der Waals surface area contributed by atoms with Crippen LogP contribution in [0, 0.1) is 11.3 Å². The van der Waals surface area contributed by atoms with E-state index in [1.165, 1.54) is 16.4 Å². The summed E-state index contributed by atoms with van der Waals surface area (Å²) in [5.74, 6) is -0.300. The Hall–Kier alpha value is -3.18. The lowest BCUT2D eigenvalue weighted by Crippen LogP contribution is -2.36. The highest BCUT2D eigenvalue weighted by molar-refractivity contribution is 7.89. The predicted octanol–water partition coefficient (Wildman–Crippen LogP) is 4.21. The molecule has 0 aliphatic carbocycles. The average molecular weight is 452 g/mol. The van der Waals surface area contributed by atoms with E-state index in [2.05, 4.69) is 5.32 Å². The van der Waals surface area contributed by atoms with Gasteiger partial charge in [0.05, 0.1) is 16.5 Å². The van der Waals surface area contributed by atoms with Gasteiger partial charge in [-0.1, -0.05) is 17.7 Å². The van der Waals surface area contributed by atoms with Crippen molar-refractivity contribution >= 4 is 33.2 Å². The first-order chi connectivity index (χ1) is 14.9. The molecule has 3 aromatic carbocycles. The normalized spacial score (nSPS) is 13.8. The second-order valence-corrected chi connectivity index (χ2v) is 9.54. The molecule has 0 saturated carbocycles. The Morgan fingerprint density at radius 3 is 2.39 bits per heavy atom. The van der Waals surface area contributed by atoms with E-state index in [0.717, 1.165) is 11.1 Å². The van der Waals surface area contributed by atoms with Gasteiger partial charge in [0.1, 0.15) is 0 Å². The lowest BCUT2D eigenvalue weighted by molar-refractivity contribution is 0.102. The van der Waals surface area contributed by atoms with E-state index in [9.17, 15) is 13.2 Å². The Morgan fingerprint density at radius 2 is 1.71 bits per heavy atom. The van der Waals surface area contributed by atoms with Crippen molar-refractivity contribution in [1.82, 2.24) is 4.31 Å². The number of carbonyl (C=O) groups excluding carboxylic acids is 1. The molecule has 3 aromatic rings. The SMILES string of the molecule is N#Cc1ccc(C(=O)Nc2ccc3c(c2)CN(S(=O)(=O)c2ccc(Cl)cc2)CC3)cc1. The molecule has 4 rings (SSSR count). The minimum Gasteiger partial charge on any atom is -0.322 e. The first-order valence-electron chi connectivity index (χ1n) is 9.56. The number of nitrogens with one attached hydrogen (secondary N) is 1. The number of nitrogens with zero attached hydrogens (tertiary/aromatic N) is 2. The van der Waals surface area contributed by atoms with Gasteiger partial charge in [-0.05, 0) is 78.2 Å². The fourth-order valence-corrected chi connectivity index (χ4v) is 5.01. The largest absolute Gasteiger partial charge is 0.322 e. The quantitative estimate of drug-likeness (QED) is 0.643. The Kier molecular flexibility index (Phi) is 5.79. The van der Waals surface area contributed by atoms with Crippen LogP contribution in [-0.2, 0) is 23.0 Å². The van der Waals surface area contributed by atoms with E-state index in [0.29, 0.717) is 34.8 Å². The van der Waals surface area contributed by atoms with Gasteiger partial charge in [0.25, 0.3) is 5.91 Å². The summed E-state index contributed by atoms with van der Waals surface area (Å²) < 4.78 is 27.4. The summed E-state index contributed by atoms with van der Waals surface area (Å²) in [6.07, 6.45) is 0.589. The number of carbonyl (C=O) groups is 1. The van der Waals surface area contributed by atoms with Gasteiger partial charge in [-0.3, -0.25) is 4.79 Å². The topological polar surface area (TPSA) is 90.3 Å². The second-order valence-electron chi connectivity index (χ2n) is 7.17. The maximum atomic E-state index is 13.0. The smallest absolute Gasteiger partial charge is 0.255 e. The van der Waals surface area contributed by atoms with Crippen molar-refractivity contribution in [1.29, 1.82) is 5.26 Å². The van der Waals surface area contributed by atoms with E-state index in [4.69, 9.17) is 16.9 Å². The summed E-state index contributed by atoms with van der Waals surface area (Å²) in [4.78, 5) is 12.7. The van der Waals surface area contributed by atoms with Crippen LogP contribution in [0.5, 0.6) is 0 Å². The number of fused-ring (bicyclic) bond motifs is 1. The zero-order valence-corrected chi connectivity index (χ0v) is 17.9. The van der Waals surface area contributed by atoms with Crippen molar-refractivity contribution < 1.29 is 13.2 Å². The van der Waals surface area contributed by atoms with Crippen molar-refractivity contribution in [3.8, 4) is 6.07 Å². The van der Waals surface area contributed by atoms with Crippen molar-refractivity contribution in [2.45, 2.75) is 17.9 Å². The zero-order valence-electron chi connectivity index (χ0n) is 16.4. The molecule has 0 atom stereocenters. The molecule has 1 heterocycles. The summed E-state index contributed by atoms with van der Waals surface area (Å²) in [6, 6.07) is 20.0. The molecule has 0 spiro atoms. The van der Waals surface area contributed by atoms with Crippen LogP contribution >= 0.6 is 11.6 Å². The molecule has 0 fully saturated rings. The van der Waals surface area contributed by atoms with Crippen LogP contribution in [0.25, 0.3) is 0 Å². The molecule has 1 aliphatic rings. The summed E-state index contributed by atoms with van der Waals surface area (Å²) in [5.41, 5.74) is 3.40. The number of hydrogen-bond donors (Lipinski definition) is 1. The van der Waals surface area contributed by atoms with Gasteiger partial charge in [-0.25, -0.2) is 8.42 Å². The number of anilines is 1. The standard InChI is InChI=1S/C23H18ClN3O3S/c24-20-6-9-22(10-7-20)31(29,30)27-12-11-17-5-8-21(13-19(17)15-27)26-23(28)18-3-1-16(14-25)2-4-18/h1-10,13H,11-12,15H2,(H,26,28). The van der Waals surface area contributed by atoms with Crippen LogP contribution in [-0.4, -0.2) is 25.2 Å². The van der Waals surface area contributed by atoms with Crippen molar-refractivity contribution in [2.75, 3.05) is 11.9 Å². The Labute approximate surface area is 185 Å². The van der Waals surface area contributed by atoms with E-state index < -0.39 is 10.0 Å². The molecule has 8 heteroatoms. The molecule has 1 N–H and O–H groups in total. The second kappa shape index (κ2) is 8.52. The molecule has 0 radical (unpaired) electrons. The molecule has 1 aliphatic heterocycles. The number of rotatable bonds is 4. The fraction of sp³-hybridized carbons (Fsp3) is 0.130. The maximum Gasteiger partial charge on any atom is 0.255 e. The minimum absolute atomic E-state index is 0.200. The van der Waals surface area contributed by atoms with Crippen LogP contribution in [0.2, 0.25) is 5.02 Å². The molecule has 0 unspecified atom stereocenters. The summed E-state index contributed by atoms with van der Waals surface area (Å²) >= 11 is 5.88. The molecule has 1 amide bonds. The van der Waals surface area contributed by atoms with E-state index in [-0.39, 0.29) is 17.3 Å². The Morgan fingerprint density at radius 1 is 1.00 bits per heavy atom. The van der Waals surface area contributed by atoms with Crippen LogP contribution in [0.3, 0.4) is 0 Å². The lowest BCUT2D eigenvalue weighted by atomic mass is 10.0. The molecule has 6 nitrogen and oxygen atoms in total. The van der Waals surface area contributed by atoms with Gasteiger partial charge in [0, 0.05) is 29.4 Å². The predicted molar refractivity (Wildman–Crippen MR) is 118 cm³/mol. The van der Waals surface area contributed by atoms with Gasteiger partial charge in [-0.15, -0.1) is 0 Å². The van der Waals surface area contributed by atoms with Gasteiger partial charge in [0.2, 0.25) is 10.0 Å². The number of sulfonamides is 1. The molecule has 0 aromatic heterocycles. The molecule has 31 heavy (non-hydrogen) atoms. The van der Waals surface area contributed by atoms with Crippen molar-refractivity contribution in [3.63, 3.8) is 0 Å². The van der Waals surface area contributed by atoms with Crippen LogP contribution in [0.4, 0.5) is 5.69 Å². The molecular weight excluding hydrogens is 434 g/mol. The third kappa shape index (κ3) is 4.47. The first kappa shape index (κ1) is 21.1. The maximum absolute atomic E-state index is 13.0. The highest BCUT2D eigenvalue weighted by Gasteiger charge is 2.28. The van der Waals surface area contributed by atoms with Crippen molar-refractivity contribution in [3.05, 3.63) is 94.0 Å². The summed E-state index contributed by atoms with van der Waals surface area (Å²) in [7, 11) is -3.65. The molecular formula is C23H18ClN3O3S. The van der Waals surface area contributed by atoms with E-state index in [1.807, 2.05) is 18.2 Å². The number of halogens is 1. The molecule has 156 valence electrons. The van der Waals surface area contributed by atoms with Crippen molar-refractivity contribution in [2.24, 2.45) is 0 Å². The lowest BCUT2D eigenvalue weighted by Gasteiger charge is -2.28. The number of amides is 1. The van der Waals surface area contributed by atoms with Gasteiger partial charge in [-0.2, -0.15) is 9.57 Å². The average Bonchev–Trinajstić information content (AvgIpc) is 2.79. The van der Waals surface area contributed by atoms with Crippen LogP contribution in [0.15, 0.2) is 71.6 Å². The number of benzene rings is 3. The molecule has 0 bridgehead atoms. The number of hydrogen-bond acceptors (Lipinski definition) is 4. The van der Waals surface area contributed by atoms with E-state index >= 15 is 0 Å². The van der Waals surface area contributed by atoms with Gasteiger partial charge in [0.15, 0.2) is 0 Å². The summed E-state index contributed by atoms with van der Waals surface area (Å²) in [6.45, 7) is 0.607. The highest BCUT2D eigenvalue weighted by atomic mass is 35.5. The monoisotopic (exact) mass is 451 g/mol. The minimum atomic E-state index is -3.65. The van der Waals surface area contributed by atoms with Gasteiger partial charge < -0.3 is 5.32 Å². The number of nitriles is 1. The third-order valence-electron chi connectivity index (χ3n) is 5.17. The highest BCUT2D eigenvalue weighted by Crippen LogP contribution is 2.27.